The Morgan fingerprint density at radius 3 is 1.79 bits per heavy atom. The summed E-state index contributed by atoms with van der Waals surface area (Å²) in [6.07, 6.45) is -21.1. The predicted molar refractivity (Wildman–Crippen MR) is 139 cm³/mol. The Kier molecular flexibility index (Phi) is 10.0. The van der Waals surface area contributed by atoms with Crippen molar-refractivity contribution in [3.05, 3.63) is 34.6 Å². The molecule has 4 aliphatic carbocycles. The average Bonchev–Trinajstić information content (AvgIpc) is 3.34. The van der Waals surface area contributed by atoms with Crippen LogP contribution in [0, 0.1) is 22.7 Å². The van der Waals surface area contributed by atoms with Crippen molar-refractivity contribution < 1.29 is 99.2 Å². The molecule has 0 bridgehead atoms. The van der Waals surface area contributed by atoms with Crippen LogP contribution in [0.3, 0.4) is 0 Å². The minimum absolute atomic E-state index is 0.0279. The highest BCUT2D eigenvalue weighted by Gasteiger charge is 2.68. The first-order valence-corrected chi connectivity index (χ1v) is 14.9. The number of hydrogen-bond donors (Lipinski definition) is 0. The van der Waals surface area contributed by atoms with Crippen LogP contribution in [-0.4, -0.2) is 72.7 Å². The number of carbonyl (C=O) groups excluding carboxylic acids is 4. The molecule has 0 aromatic heterocycles. The van der Waals surface area contributed by atoms with E-state index >= 15 is 0 Å². The minimum Gasteiger partial charge on any atom is -0.457 e. The van der Waals surface area contributed by atoms with Gasteiger partial charge in [-0.3, -0.25) is 4.79 Å². The Morgan fingerprint density at radius 1 is 0.731 bits per heavy atom. The number of hydrogen-bond acceptors (Lipinski definition) is 7. The highest BCUT2D eigenvalue weighted by Crippen LogP contribution is 2.63. The molecule has 292 valence electrons. The van der Waals surface area contributed by atoms with E-state index in [1.807, 2.05) is 0 Å². The van der Waals surface area contributed by atoms with Crippen LogP contribution in [0.15, 0.2) is 34.6 Å². The molecule has 0 spiro atoms. The molecule has 0 saturated heterocycles. The second kappa shape index (κ2) is 12.7. The van der Waals surface area contributed by atoms with E-state index in [1.54, 1.807) is 0 Å². The van der Waals surface area contributed by atoms with Gasteiger partial charge < -0.3 is 14.2 Å². The van der Waals surface area contributed by atoms with Crippen molar-refractivity contribution in [3.8, 4) is 0 Å². The van der Waals surface area contributed by atoms with E-state index in [9.17, 15) is 85.0 Å². The van der Waals surface area contributed by atoms with Gasteiger partial charge in [-0.1, -0.05) is 24.1 Å². The number of ether oxygens (including phenoxy) is 3. The van der Waals surface area contributed by atoms with Crippen LogP contribution < -0.4 is 0 Å². The van der Waals surface area contributed by atoms with Gasteiger partial charge >= 0.3 is 54.2 Å². The Balaban J connectivity index is 1.72. The van der Waals surface area contributed by atoms with E-state index in [2.05, 4.69) is 9.47 Å². The van der Waals surface area contributed by atoms with Crippen LogP contribution in [0.25, 0.3) is 0 Å². The summed E-state index contributed by atoms with van der Waals surface area (Å²) in [5, 5.41) is 0. The zero-order valence-corrected chi connectivity index (χ0v) is 26.4. The van der Waals surface area contributed by atoms with Crippen molar-refractivity contribution in [2.24, 2.45) is 22.7 Å². The van der Waals surface area contributed by atoms with E-state index in [0.717, 1.165) is 13.0 Å². The number of carbonyl (C=O) groups is 4. The lowest BCUT2D eigenvalue weighted by Gasteiger charge is -2.53. The molecule has 4 rings (SSSR count). The van der Waals surface area contributed by atoms with E-state index in [-0.39, 0.29) is 36.8 Å². The molecular formula is C30H25F15O7. The van der Waals surface area contributed by atoms with E-state index in [4.69, 9.17) is 4.74 Å². The van der Waals surface area contributed by atoms with Crippen molar-refractivity contribution in [1.82, 2.24) is 0 Å². The highest BCUT2D eigenvalue weighted by molar-refractivity contribution is 5.92. The third-order valence-electron chi connectivity index (χ3n) is 10.1. The zero-order valence-electron chi connectivity index (χ0n) is 26.4. The third kappa shape index (κ3) is 6.66. The minimum atomic E-state index is -6.45. The van der Waals surface area contributed by atoms with Gasteiger partial charge in [0.05, 0.1) is 5.41 Å². The molecule has 5 unspecified atom stereocenters. The Labute approximate surface area is 282 Å². The number of Topliss-reactive ketones (excluding diaryl/α,β-unsaturated/α-hetero) is 1. The van der Waals surface area contributed by atoms with Gasteiger partial charge in [-0.2, -0.15) is 65.9 Å². The maximum atomic E-state index is 14.1. The normalized spacial score (nSPS) is 28.5. The fraction of sp³-hybridized carbons (Fsp3) is 0.667. The first-order chi connectivity index (χ1) is 23.3. The van der Waals surface area contributed by atoms with Crippen molar-refractivity contribution in [1.29, 1.82) is 0 Å². The second-order valence-corrected chi connectivity index (χ2v) is 13.1. The number of rotatable bonds is 8. The largest absolute Gasteiger partial charge is 0.465 e. The molecule has 22 heteroatoms. The van der Waals surface area contributed by atoms with Gasteiger partial charge in [0.15, 0.2) is 12.4 Å². The van der Waals surface area contributed by atoms with Crippen LogP contribution >= 0.6 is 0 Å². The molecule has 0 heterocycles. The van der Waals surface area contributed by atoms with Gasteiger partial charge in [-0.25, -0.2) is 14.4 Å². The molecule has 0 radical (unpaired) electrons. The van der Waals surface area contributed by atoms with Crippen LogP contribution in [0.4, 0.5) is 65.9 Å². The number of fused-ring (bicyclic) bond motifs is 4. The zero-order chi connectivity index (χ0) is 39.8. The Morgan fingerprint density at radius 2 is 1.25 bits per heavy atom. The molecule has 0 aromatic carbocycles. The van der Waals surface area contributed by atoms with Gasteiger partial charge in [-0.15, -0.1) is 0 Å². The first-order valence-electron chi connectivity index (χ1n) is 14.9. The number of allylic oxidation sites excluding steroid dienone is 5. The van der Waals surface area contributed by atoms with Crippen molar-refractivity contribution in [3.63, 3.8) is 0 Å². The molecule has 0 saturated carbocycles. The van der Waals surface area contributed by atoms with Gasteiger partial charge in [-0.05, 0) is 55.6 Å². The molecule has 52 heavy (non-hydrogen) atoms. The second-order valence-electron chi connectivity index (χ2n) is 13.1. The van der Waals surface area contributed by atoms with Crippen molar-refractivity contribution in [2.75, 3.05) is 6.61 Å². The fourth-order valence-corrected chi connectivity index (χ4v) is 7.22. The Bertz CT molecular complexity index is 1620. The lowest BCUT2D eigenvalue weighted by atomic mass is 9.52. The monoisotopic (exact) mass is 782 g/mol. The molecular weight excluding hydrogens is 757 g/mol. The summed E-state index contributed by atoms with van der Waals surface area (Å²) in [4.78, 5) is 48.8. The summed E-state index contributed by atoms with van der Waals surface area (Å²) in [7, 11) is 0. The fourth-order valence-electron chi connectivity index (χ4n) is 7.22. The molecule has 0 amide bonds. The standard InChI is InChI=1S/C30H25F15O7/c1-23-7-5-13(51-21(48)26(33,34)29(40,41)42)9-12(23)3-4-15-14-6-8-24(2,18(46)11-50-20(47)25(31,32)28(37,38)39)16(14)10-17(19(15)23)52-22(49)27(35,36)30(43,44)45/h3,9,15,17,19H,4-8,10-11H2,1-2H3. The van der Waals surface area contributed by atoms with E-state index in [0.29, 0.717) is 5.57 Å². The van der Waals surface area contributed by atoms with Crippen molar-refractivity contribution in [2.45, 2.75) is 94.8 Å². The summed E-state index contributed by atoms with van der Waals surface area (Å²) in [6, 6.07) is 0. The number of ketones is 1. The van der Waals surface area contributed by atoms with Crippen LogP contribution in [0.1, 0.15) is 52.4 Å². The molecule has 0 aliphatic heterocycles. The summed E-state index contributed by atoms with van der Waals surface area (Å²) in [6.45, 7) is 0.844. The highest BCUT2D eigenvalue weighted by atomic mass is 19.4. The van der Waals surface area contributed by atoms with Gasteiger partial charge in [0.25, 0.3) is 0 Å². The summed E-state index contributed by atoms with van der Waals surface area (Å²) >= 11 is 0. The Hall–Kier alpha value is -3.75. The molecule has 4 aliphatic rings. The third-order valence-corrected chi connectivity index (χ3v) is 10.1. The number of halogens is 15. The van der Waals surface area contributed by atoms with E-state index in [1.165, 1.54) is 13.0 Å². The molecule has 5 atom stereocenters. The molecule has 7 nitrogen and oxygen atoms in total. The lowest BCUT2D eigenvalue weighted by molar-refractivity contribution is -0.284. The maximum absolute atomic E-state index is 14.1. The number of esters is 3. The van der Waals surface area contributed by atoms with Crippen LogP contribution in [0.5, 0.6) is 0 Å². The SMILES string of the molecule is CC1(C(=O)COC(=O)C(F)(F)C(F)(F)F)CCC2=C1CC(OC(=O)C(F)(F)C(F)(F)F)C1C2CC=C2C=C(OC(=O)C(F)(F)C(F)(F)F)CCC21C. The topological polar surface area (TPSA) is 96.0 Å². The van der Waals surface area contributed by atoms with Gasteiger partial charge in [0.1, 0.15) is 11.9 Å². The first kappa shape index (κ1) is 41.0. The maximum Gasteiger partial charge on any atom is 0.465 e. The van der Waals surface area contributed by atoms with E-state index < -0.39 is 114 Å². The average molecular weight is 782 g/mol. The van der Waals surface area contributed by atoms with Crippen LogP contribution in [0.2, 0.25) is 0 Å². The van der Waals surface area contributed by atoms with Gasteiger partial charge in [0, 0.05) is 18.8 Å². The van der Waals surface area contributed by atoms with Gasteiger partial charge in [0.2, 0.25) is 0 Å². The quantitative estimate of drug-likeness (QED) is 0.107. The molecule has 0 N–H and O–H groups in total. The summed E-state index contributed by atoms with van der Waals surface area (Å²) in [5.41, 5.74) is -3.07. The smallest absolute Gasteiger partial charge is 0.457 e. The van der Waals surface area contributed by atoms with Crippen LogP contribution in [-0.2, 0) is 33.4 Å². The summed E-state index contributed by atoms with van der Waals surface area (Å²) in [5.74, 6) is -31.3. The predicted octanol–water partition coefficient (Wildman–Crippen LogP) is 7.89. The molecule has 0 aromatic rings. The number of alkyl halides is 15. The molecule has 0 fully saturated rings. The summed E-state index contributed by atoms with van der Waals surface area (Å²) < 4.78 is 210. The lowest BCUT2D eigenvalue weighted by Crippen LogP contribution is -2.53. The van der Waals surface area contributed by atoms with Crippen molar-refractivity contribution >= 4 is 23.7 Å².